The number of ether oxygens (including phenoxy) is 1. The number of morpholine rings is 1. The zero-order valence-electron chi connectivity index (χ0n) is 20.4. The van der Waals surface area contributed by atoms with Gasteiger partial charge in [-0.3, -0.25) is 9.69 Å². The highest BCUT2D eigenvalue weighted by molar-refractivity contribution is 7.97. The number of thiophene rings is 1. The lowest BCUT2D eigenvalue weighted by Crippen LogP contribution is -2.50. The molecule has 0 bridgehead atoms. The van der Waals surface area contributed by atoms with Gasteiger partial charge in [0.1, 0.15) is 11.1 Å². The summed E-state index contributed by atoms with van der Waals surface area (Å²) in [6.07, 6.45) is 2.36. The van der Waals surface area contributed by atoms with Gasteiger partial charge in [0.05, 0.1) is 29.0 Å². The standard InChI is InChI=1S/C23H30N8O3S2/c1-14-17(13-29-3-5-30(6-4-29)22(33)15(2)32)35-19-18(14)27-20(16-11-25-23(24)26-12-16)28-21(19)36-31-7-9-34-10-8-31/h11-12,15,32H,3-10,13H2,1-2H3,(H2,24,25,26)/t15-/m0/s1. The van der Waals surface area contributed by atoms with Crippen molar-refractivity contribution in [2.75, 3.05) is 58.2 Å². The number of aliphatic hydroxyl groups is 1. The van der Waals surface area contributed by atoms with Crippen LogP contribution in [0.15, 0.2) is 17.4 Å². The normalized spacial score (nSPS) is 18.6. The van der Waals surface area contributed by atoms with Crippen LogP contribution in [0.4, 0.5) is 5.95 Å². The van der Waals surface area contributed by atoms with Gasteiger partial charge in [-0.05, 0) is 31.4 Å². The molecule has 0 radical (unpaired) electrons. The van der Waals surface area contributed by atoms with Crippen molar-refractivity contribution in [3.63, 3.8) is 0 Å². The number of carbonyl (C=O) groups is 1. The van der Waals surface area contributed by atoms with Crippen molar-refractivity contribution < 1.29 is 14.6 Å². The minimum absolute atomic E-state index is 0.202. The molecule has 5 heterocycles. The minimum Gasteiger partial charge on any atom is -0.384 e. The average Bonchev–Trinajstić information content (AvgIpc) is 3.20. The molecule has 0 aromatic carbocycles. The Morgan fingerprint density at radius 1 is 1.17 bits per heavy atom. The quantitative estimate of drug-likeness (QED) is 0.354. The highest BCUT2D eigenvalue weighted by Crippen LogP contribution is 2.39. The summed E-state index contributed by atoms with van der Waals surface area (Å²) < 4.78 is 8.87. The molecular weight excluding hydrogens is 500 g/mol. The van der Waals surface area contributed by atoms with Crippen LogP contribution in [0.1, 0.15) is 17.4 Å². The van der Waals surface area contributed by atoms with E-state index >= 15 is 0 Å². The molecule has 0 spiro atoms. The number of aliphatic hydroxyl groups excluding tert-OH is 1. The number of aryl methyl sites for hydroxylation is 1. The summed E-state index contributed by atoms with van der Waals surface area (Å²) in [5, 5.41) is 10.5. The molecule has 13 heteroatoms. The van der Waals surface area contributed by atoms with E-state index in [2.05, 4.69) is 26.1 Å². The van der Waals surface area contributed by atoms with Gasteiger partial charge in [-0.25, -0.2) is 24.2 Å². The first kappa shape index (κ1) is 25.2. The van der Waals surface area contributed by atoms with Crippen molar-refractivity contribution in [3.05, 3.63) is 22.8 Å². The minimum atomic E-state index is -0.956. The average molecular weight is 531 g/mol. The number of aromatic nitrogens is 4. The lowest BCUT2D eigenvalue weighted by atomic mass is 10.2. The Hall–Kier alpha value is -2.42. The van der Waals surface area contributed by atoms with E-state index in [0.717, 1.165) is 59.1 Å². The molecule has 2 fully saturated rings. The van der Waals surface area contributed by atoms with Gasteiger partial charge in [-0.2, -0.15) is 0 Å². The number of carbonyl (C=O) groups excluding carboxylic acids is 1. The third-order valence-corrected chi connectivity index (χ3v) is 8.85. The number of nitrogens with zero attached hydrogens (tertiary/aromatic N) is 7. The summed E-state index contributed by atoms with van der Waals surface area (Å²) in [7, 11) is 0. The van der Waals surface area contributed by atoms with E-state index in [0.29, 0.717) is 32.1 Å². The Morgan fingerprint density at radius 3 is 2.53 bits per heavy atom. The monoisotopic (exact) mass is 530 g/mol. The lowest BCUT2D eigenvalue weighted by Gasteiger charge is -2.35. The van der Waals surface area contributed by atoms with Crippen molar-refractivity contribution in [3.8, 4) is 11.4 Å². The van der Waals surface area contributed by atoms with Crippen LogP contribution in [0, 0.1) is 6.92 Å². The topological polar surface area (TPSA) is 134 Å². The molecule has 0 unspecified atom stereocenters. The highest BCUT2D eigenvalue weighted by Gasteiger charge is 2.26. The summed E-state index contributed by atoms with van der Waals surface area (Å²) in [5.74, 6) is 0.592. The molecule has 2 aliphatic rings. The fourth-order valence-electron chi connectivity index (χ4n) is 4.26. The number of rotatable bonds is 6. The van der Waals surface area contributed by atoms with Crippen molar-refractivity contribution in [1.29, 1.82) is 0 Å². The van der Waals surface area contributed by atoms with Gasteiger partial charge in [0.15, 0.2) is 5.82 Å². The second-order valence-electron chi connectivity index (χ2n) is 8.92. The predicted octanol–water partition coefficient (Wildman–Crippen LogP) is 1.40. The first-order valence-electron chi connectivity index (χ1n) is 12.0. The van der Waals surface area contributed by atoms with E-state index in [1.807, 2.05) is 0 Å². The fourth-order valence-corrected chi connectivity index (χ4v) is 6.55. The molecule has 0 saturated carbocycles. The van der Waals surface area contributed by atoms with E-state index in [-0.39, 0.29) is 11.9 Å². The number of anilines is 1. The van der Waals surface area contributed by atoms with Crippen LogP contribution >= 0.6 is 23.3 Å². The summed E-state index contributed by atoms with van der Waals surface area (Å²) in [6, 6.07) is 0. The second kappa shape index (κ2) is 10.9. The smallest absolute Gasteiger partial charge is 0.251 e. The molecule has 2 saturated heterocycles. The maximum Gasteiger partial charge on any atom is 0.251 e. The van der Waals surface area contributed by atoms with Gasteiger partial charge in [0.2, 0.25) is 5.95 Å². The molecular formula is C23H30N8O3S2. The molecule has 1 amide bonds. The number of nitrogen functional groups attached to an aromatic ring is 1. The summed E-state index contributed by atoms with van der Waals surface area (Å²) >= 11 is 3.38. The molecule has 3 N–H and O–H groups in total. The lowest BCUT2D eigenvalue weighted by molar-refractivity contribution is -0.141. The van der Waals surface area contributed by atoms with Crippen LogP contribution in [0.5, 0.6) is 0 Å². The molecule has 5 rings (SSSR count). The van der Waals surface area contributed by atoms with Crippen molar-refractivity contribution >= 4 is 45.4 Å². The van der Waals surface area contributed by atoms with Crippen LogP contribution in [0.2, 0.25) is 0 Å². The molecule has 11 nitrogen and oxygen atoms in total. The second-order valence-corrected chi connectivity index (χ2v) is 11.1. The highest BCUT2D eigenvalue weighted by atomic mass is 32.2. The van der Waals surface area contributed by atoms with Crippen LogP contribution in [-0.4, -0.2) is 104 Å². The number of fused-ring (bicyclic) bond motifs is 1. The first-order valence-corrected chi connectivity index (χ1v) is 13.6. The third kappa shape index (κ3) is 5.45. The van der Waals surface area contributed by atoms with E-state index in [9.17, 15) is 9.90 Å². The number of hydrogen-bond donors (Lipinski definition) is 2. The first-order chi connectivity index (χ1) is 17.4. The van der Waals surface area contributed by atoms with Crippen molar-refractivity contribution in [2.45, 2.75) is 31.5 Å². The molecule has 2 aliphatic heterocycles. The summed E-state index contributed by atoms with van der Waals surface area (Å²) in [4.78, 5) is 35.5. The van der Waals surface area contributed by atoms with E-state index in [1.165, 1.54) is 11.8 Å². The Balaban J connectivity index is 1.43. The maximum atomic E-state index is 12.1. The van der Waals surface area contributed by atoms with Crippen molar-refractivity contribution in [1.82, 2.24) is 34.0 Å². The maximum absolute atomic E-state index is 12.1. The Kier molecular flexibility index (Phi) is 7.65. The molecule has 3 aromatic rings. The molecule has 3 aromatic heterocycles. The van der Waals surface area contributed by atoms with Crippen LogP contribution in [0.25, 0.3) is 21.6 Å². The largest absolute Gasteiger partial charge is 0.384 e. The molecule has 0 aliphatic carbocycles. The Morgan fingerprint density at radius 2 is 1.86 bits per heavy atom. The third-order valence-electron chi connectivity index (χ3n) is 6.36. The fraction of sp³-hybridized carbons (Fsp3) is 0.522. The van der Waals surface area contributed by atoms with Gasteiger partial charge in [-0.15, -0.1) is 11.3 Å². The van der Waals surface area contributed by atoms with Crippen molar-refractivity contribution in [2.24, 2.45) is 0 Å². The Bertz CT molecular complexity index is 1220. The number of amides is 1. The van der Waals surface area contributed by atoms with Gasteiger partial charge in [-0.1, -0.05) is 0 Å². The molecule has 1 atom stereocenters. The van der Waals surface area contributed by atoms with Crippen LogP contribution in [0.3, 0.4) is 0 Å². The molecule has 36 heavy (non-hydrogen) atoms. The van der Waals surface area contributed by atoms with Gasteiger partial charge in [0, 0.05) is 63.1 Å². The van der Waals surface area contributed by atoms with Gasteiger partial charge in [0.25, 0.3) is 5.91 Å². The zero-order chi connectivity index (χ0) is 25.2. The Labute approximate surface area is 217 Å². The SMILES string of the molecule is Cc1c(CN2CCN(C(=O)[C@H](C)O)CC2)sc2c(SN3CCOCC3)nc(-c3cnc(N)nc3)nc12. The van der Waals surface area contributed by atoms with E-state index in [4.69, 9.17) is 20.4 Å². The van der Waals surface area contributed by atoms with E-state index in [1.54, 1.807) is 40.6 Å². The number of piperazine rings is 1. The summed E-state index contributed by atoms with van der Waals surface area (Å²) in [6.45, 7) is 10.3. The summed E-state index contributed by atoms with van der Waals surface area (Å²) in [5.41, 5.74) is 8.49. The predicted molar refractivity (Wildman–Crippen MR) is 139 cm³/mol. The zero-order valence-corrected chi connectivity index (χ0v) is 22.0. The number of nitrogens with two attached hydrogens (primary N) is 1. The van der Waals surface area contributed by atoms with Crippen LogP contribution < -0.4 is 5.73 Å². The van der Waals surface area contributed by atoms with E-state index < -0.39 is 6.10 Å². The number of hydrogen-bond acceptors (Lipinski definition) is 12. The van der Waals surface area contributed by atoms with Gasteiger partial charge < -0.3 is 20.5 Å². The molecule has 192 valence electrons. The van der Waals surface area contributed by atoms with Crippen LogP contribution in [-0.2, 0) is 16.1 Å². The van der Waals surface area contributed by atoms with Gasteiger partial charge >= 0.3 is 0 Å².